The highest BCUT2D eigenvalue weighted by molar-refractivity contribution is 5.96. The van der Waals surface area contributed by atoms with Crippen LogP contribution >= 0.6 is 0 Å². The molecule has 0 radical (unpaired) electrons. The quantitative estimate of drug-likeness (QED) is 0.783. The Bertz CT molecular complexity index is 565. The van der Waals surface area contributed by atoms with Crippen molar-refractivity contribution in [2.24, 2.45) is 22.7 Å². The summed E-state index contributed by atoms with van der Waals surface area (Å²) in [5.74, 6) is 1.19. The molecule has 22 heavy (non-hydrogen) atoms. The van der Waals surface area contributed by atoms with E-state index in [1.807, 2.05) is 6.92 Å². The summed E-state index contributed by atoms with van der Waals surface area (Å²) in [7, 11) is 0. The first-order chi connectivity index (χ1) is 10.3. The Morgan fingerprint density at radius 2 is 2.00 bits per heavy atom. The van der Waals surface area contributed by atoms with Gasteiger partial charge in [-0.25, -0.2) is 0 Å². The van der Waals surface area contributed by atoms with E-state index >= 15 is 0 Å². The fourth-order valence-corrected chi connectivity index (χ4v) is 6.90. The van der Waals surface area contributed by atoms with Crippen molar-refractivity contribution < 1.29 is 15.0 Å². The van der Waals surface area contributed by atoms with E-state index in [1.165, 1.54) is 5.57 Å². The molecule has 2 bridgehead atoms. The molecule has 4 rings (SSSR count). The molecule has 0 amide bonds. The zero-order valence-electron chi connectivity index (χ0n) is 13.8. The lowest BCUT2D eigenvalue weighted by molar-refractivity contribution is -0.118. The lowest BCUT2D eigenvalue weighted by atomic mass is 9.47. The van der Waals surface area contributed by atoms with Gasteiger partial charge in [0.25, 0.3) is 0 Å². The molecule has 122 valence electrons. The first kappa shape index (κ1) is 14.9. The van der Waals surface area contributed by atoms with Crippen LogP contribution in [0.4, 0.5) is 0 Å². The molecule has 0 aromatic rings. The molecule has 3 saturated carbocycles. The molecule has 0 aromatic heterocycles. The van der Waals surface area contributed by atoms with Gasteiger partial charge in [0.2, 0.25) is 0 Å². The number of hydrogen-bond acceptors (Lipinski definition) is 3. The minimum absolute atomic E-state index is 0.0942. The molecule has 0 saturated heterocycles. The average Bonchev–Trinajstić information content (AvgIpc) is 2.71. The van der Waals surface area contributed by atoms with Crippen LogP contribution < -0.4 is 0 Å². The summed E-state index contributed by atoms with van der Waals surface area (Å²) >= 11 is 0. The fraction of sp³-hybridized carbons (Fsp3) is 0.842. The topological polar surface area (TPSA) is 57.5 Å². The highest BCUT2D eigenvalue weighted by Crippen LogP contribution is 2.70. The minimum Gasteiger partial charge on any atom is -0.393 e. The lowest BCUT2D eigenvalue weighted by Crippen LogP contribution is -2.49. The van der Waals surface area contributed by atoms with Crippen molar-refractivity contribution in [3.05, 3.63) is 11.1 Å². The van der Waals surface area contributed by atoms with E-state index in [9.17, 15) is 15.0 Å². The van der Waals surface area contributed by atoms with Gasteiger partial charge in [-0.05, 0) is 80.1 Å². The van der Waals surface area contributed by atoms with Crippen LogP contribution in [0, 0.1) is 22.7 Å². The number of aliphatic hydroxyl groups is 2. The van der Waals surface area contributed by atoms with Crippen LogP contribution in [0.3, 0.4) is 0 Å². The Hall–Kier alpha value is -0.670. The predicted octanol–water partition coefficient (Wildman–Crippen LogP) is 3.00. The Morgan fingerprint density at radius 1 is 1.23 bits per heavy atom. The monoisotopic (exact) mass is 304 g/mol. The average molecular weight is 304 g/mol. The molecule has 0 unspecified atom stereocenters. The maximum atomic E-state index is 12.1. The van der Waals surface area contributed by atoms with Gasteiger partial charge in [0.15, 0.2) is 5.78 Å². The number of rotatable bonds is 1. The lowest BCUT2D eigenvalue weighted by Gasteiger charge is -2.57. The van der Waals surface area contributed by atoms with Crippen LogP contribution in [0.25, 0.3) is 0 Å². The molecular formula is C19H28O3. The Labute approximate surface area is 132 Å². The summed E-state index contributed by atoms with van der Waals surface area (Å²) in [5.41, 5.74) is 1.92. The number of hydrogen-bond donors (Lipinski definition) is 2. The number of aliphatic hydroxyl groups excluding tert-OH is 1. The summed E-state index contributed by atoms with van der Waals surface area (Å²) in [6.45, 7) is 4.31. The number of carbonyl (C=O) groups is 1. The van der Waals surface area contributed by atoms with Crippen molar-refractivity contribution in [3.8, 4) is 0 Å². The van der Waals surface area contributed by atoms with Gasteiger partial charge in [0.05, 0.1) is 12.2 Å². The molecule has 5 atom stereocenters. The molecule has 0 aromatic carbocycles. The first-order valence-corrected chi connectivity index (χ1v) is 8.91. The summed E-state index contributed by atoms with van der Waals surface area (Å²) in [6, 6.07) is 0. The second-order valence-electron chi connectivity index (χ2n) is 8.78. The number of carbonyl (C=O) groups excluding carboxylic acids is 1. The summed E-state index contributed by atoms with van der Waals surface area (Å²) in [4.78, 5) is 12.1. The Morgan fingerprint density at radius 3 is 2.73 bits per heavy atom. The van der Waals surface area contributed by atoms with E-state index in [1.54, 1.807) is 0 Å². The van der Waals surface area contributed by atoms with Crippen molar-refractivity contribution in [1.29, 1.82) is 0 Å². The number of allylic oxidation sites excluding steroid dienone is 2. The van der Waals surface area contributed by atoms with Crippen molar-refractivity contribution >= 4 is 5.78 Å². The van der Waals surface area contributed by atoms with Crippen molar-refractivity contribution in [3.63, 3.8) is 0 Å². The third-order valence-corrected chi connectivity index (χ3v) is 7.96. The van der Waals surface area contributed by atoms with Crippen LogP contribution in [0.15, 0.2) is 11.1 Å². The molecule has 0 aliphatic heterocycles. The molecule has 4 aliphatic rings. The van der Waals surface area contributed by atoms with E-state index in [0.717, 1.165) is 50.5 Å². The van der Waals surface area contributed by atoms with Crippen LogP contribution in [0.2, 0.25) is 0 Å². The van der Waals surface area contributed by atoms with Gasteiger partial charge in [-0.3, -0.25) is 4.79 Å². The van der Waals surface area contributed by atoms with E-state index in [0.29, 0.717) is 18.1 Å². The predicted molar refractivity (Wildman–Crippen MR) is 84.2 cm³/mol. The Balaban J connectivity index is 1.77. The van der Waals surface area contributed by atoms with Gasteiger partial charge in [-0.1, -0.05) is 12.5 Å². The number of ketones is 1. The third kappa shape index (κ3) is 1.67. The van der Waals surface area contributed by atoms with E-state index in [2.05, 4.69) is 6.92 Å². The smallest absolute Gasteiger partial charge is 0.158 e. The SMILES string of the molecule is CC1=C2CC[C@]34C[C@H](CC[C@@H]3[C@@]2(C)CCC1=O)[C@](O)(CO)C4. The standard InChI is InChI=1S/C19H28O3/c1-12-14-5-8-18-9-13(19(22,10-18)11-20)3-4-16(18)17(14,2)7-6-15(12)21/h13,16,20,22H,3-11H2,1-2H3/t13-,16+,17-,18+,19+/m0/s1. The van der Waals surface area contributed by atoms with Crippen molar-refractivity contribution in [2.45, 2.75) is 70.8 Å². The second kappa shape index (κ2) is 4.45. The minimum atomic E-state index is -0.855. The van der Waals surface area contributed by atoms with E-state index in [4.69, 9.17) is 0 Å². The number of Topliss-reactive ketones (excluding diaryl/α,β-unsaturated/α-hetero) is 1. The van der Waals surface area contributed by atoms with Gasteiger partial charge in [-0.15, -0.1) is 0 Å². The molecule has 1 spiro atoms. The highest BCUT2D eigenvalue weighted by atomic mass is 16.3. The van der Waals surface area contributed by atoms with Crippen LogP contribution in [-0.4, -0.2) is 28.2 Å². The number of fused-ring (bicyclic) bond motifs is 3. The van der Waals surface area contributed by atoms with Crippen LogP contribution in [0.1, 0.15) is 65.2 Å². The van der Waals surface area contributed by atoms with Crippen LogP contribution in [-0.2, 0) is 4.79 Å². The van der Waals surface area contributed by atoms with E-state index < -0.39 is 5.60 Å². The van der Waals surface area contributed by atoms with Gasteiger partial charge in [-0.2, -0.15) is 0 Å². The summed E-state index contributed by atoms with van der Waals surface area (Å²) < 4.78 is 0. The molecule has 0 heterocycles. The largest absolute Gasteiger partial charge is 0.393 e. The van der Waals surface area contributed by atoms with Crippen molar-refractivity contribution in [1.82, 2.24) is 0 Å². The maximum absolute atomic E-state index is 12.1. The normalized spacial score (nSPS) is 50.8. The molecule has 3 nitrogen and oxygen atoms in total. The molecule has 3 fully saturated rings. The Kier molecular flexibility index (Phi) is 3.01. The van der Waals surface area contributed by atoms with Crippen molar-refractivity contribution in [2.75, 3.05) is 6.61 Å². The van der Waals surface area contributed by atoms with Gasteiger partial charge in [0, 0.05) is 6.42 Å². The highest BCUT2D eigenvalue weighted by Gasteiger charge is 2.64. The zero-order chi connectivity index (χ0) is 15.8. The molecular weight excluding hydrogens is 276 g/mol. The third-order valence-electron chi connectivity index (χ3n) is 7.96. The molecule has 3 heteroatoms. The summed E-state index contributed by atoms with van der Waals surface area (Å²) in [5, 5.41) is 20.6. The zero-order valence-corrected chi connectivity index (χ0v) is 13.8. The van der Waals surface area contributed by atoms with Gasteiger partial charge in [0.1, 0.15) is 0 Å². The first-order valence-electron chi connectivity index (χ1n) is 8.91. The van der Waals surface area contributed by atoms with E-state index in [-0.39, 0.29) is 23.4 Å². The summed E-state index contributed by atoms with van der Waals surface area (Å²) in [6.07, 6.45) is 7.78. The van der Waals surface area contributed by atoms with Crippen LogP contribution in [0.5, 0.6) is 0 Å². The van der Waals surface area contributed by atoms with Gasteiger partial charge < -0.3 is 10.2 Å². The van der Waals surface area contributed by atoms with Gasteiger partial charge >= 0.3 is 0 Å². The molecule has 4 aliphatic carbocycles. The maximum Gasteiger partial charge on any atom is 0.158 e. The molecule has 2 N–H and O–H groups in total. The fourth-order valence-electron chi connectivity index (χ4n) is 6.90. The second-order valence-corrected chi connectivity index (χ2v) is 8.78.